The van der Waals surface area contributed by atoms with Gasteiger partial charge in [0.1, 0.15) is 0 Å². The van der Waals surface area contributed by atoms with Gasteiger partial charge in [0, 0.05) is 31.4 Å². The molecule has 4 nitrogen and oxygen atoms in total. The van der Waals surface area contributed by atoms with E-state index in [1.165, 1.54) is 0 Å². The maximum Gasteiger partial charge on any atom is 0.0807 e. The average molecular weight is 280 g/mol. The molecule has 2 rings (SSSR count). The SMILES string of the molecule is CCC(CCN=Cc1ccccn1)N=Cc1ccccn1. The van der Waals surface area contributed by atoms with Crippen LogP contribution in [-0.4, -0.2) is 35.0 Å². The van der Waals surface area contributed by atoms with Crippen LogP contribution < -0.4 is 0 Å². The molecular formula is C17H20N4. The van der Waals surface area contributed by atoms with E-state index in [0.717, 1.165) is 30.8 Å². The van der Waals surface area contributed by atoms with E-state index < -0.39 is 0 Å². The molecule has 2 heterocycles. The Bertz CT molecular complexity index is 564. The van der Waals surface area contributed by atoms with Gasteiger partial charge >= 0.3 is 0 Å². The number of hydrogen-bond acceptors (Lipinski definition) is 4. The maximum atomic E-state index is 4.58. The van der Waals surface area contributed by atoms with Crippen LogP contribution in [0.5, 0.6) is 0 Å². The van der Waals surface area contributed by atoms with E-state index >= 15 is 0 Å². The Hall–Kier alpha value is -2.36. The molecule has 21 heavy (non-hydrogen) atoms. The Morgan fingerprint density at radius 3 is 2.24 bits per heavy atom. The van der Waals surface area contributed by atoms with E-state index in [2.05, 4.69) is 26.9 Å². The van der Waals surface area contributed by atoms with Gasteiger partial charge in [-0.05, 0) is 37.1 Å². The smallest absolute Gasteiger partial charge is 0.0807 e. The molecule has 0 bridgehead atoms. The number of nitrogens with zero attached hydrogens (tertiary/aromatic N) is 4. The highest BCUT2D eigenvalue weighted by Crippen LogP contribution is 2.04. The molecule has 4 heteroatoms. The topological polar surface area (TPSA) is 50.5 Å². The van der Waals surface area contributed by atoms with Crippen LogP contribution in [0.4, 0.5) is 0 Å². The number of rotatable bonds is 7. The first-order chi connectivity index (χ1) is 10.4. The quantitative estimate of drug-likeness (QED) is 0.731. The molecule has 2 aromatic rings. The van der Waals surface area contributed by atoms with Crippen LogP contribution >= 0.6 is 0 Å². The van der Waals surface area contributed by atoms with Crippen LogP contribution in [0.3, 0.4) is 0 Å². The molecule has 0 aliphatic heterocycles. The first-order valence-corrected chi connectivity index (χ1v) is 7.23. The molecule has 0 aliphatic rings. The van der Waals surface area contributed by atoms with Crippen LogP contribution in [0.1, 0.15) is 31.2 Å². The minimum Gasteiger partial charge on any atom is -0.291 e. The molecule has 1 atom stereocenters. The monoisotopic (exact) mass is 280 g/mol. The normalized spacial score (nSPS) is 13.0. The van der Waals surface area contributed by atoms with Gasteiger partial charge in [-0.2, -0.15) is 0 Å². The number of aliphatic imine (C=N–C) groups is 2. The molecular weight excluding hydrogens is 260 g/mol. The highest BCUT2D eigenvalue weighted by atomic mass is 14.8. The lowest BCUT2D eigenvalue weighted by atomic mass is 10.1. The van der Waals surface area contributed by atoms with Gasteiger partial charge in [-0.3, -0.25) is 20.0 Å². The predicted molar refractivity (Wildman–Crippen MR) is 87.2 cm³/mol. The van der Waals surface area contributed by atoms with E-state index in [0.29, 0.717) is 0 Å². The van der Waals surface area contributed by atoms with Crippen LogP contribution in [0, 0.1) is 0 Å². The van der Waals surface area contributed by atoms with E-state index in [1.807, 2.05) is 48.8 Å². The lowest BCUT2D eigenvalue weighted by molar-refractivity contribution is 0.610. The maximum absolute atomic E-state index is 4.58. The number of hydrogen-bond donors (Lipinski definition) is 0. The summed E-state index contributed by atoms with van der Waals surface area (Å²) >= 11 is 0. The lowest BCUT2D eigenvalue weighted by Crippen LogP contribution is -2.05. The summed E-state index contributed by atoms with van der Waals surface area (Å²) in [4.78, 5) is 17.4. The minimum atomic E-state index is 0.285. The van der Waals surface area contributed by atoms with Crippen molar-refractivity contribution in [3.05, 3.63) is 60.2 Å². The fourth-order valence-electron chi connectivity index (χ4n) is 1.85. The summed E-state index contributed by atoms with van der Waals surface area (Å²) in [7, 11) is 0. The Balaban J connectivity index is 1.80. The van der Waals surface area contributed by atoms with Crippen LogP contribution in [0.25, 0.3) is 0 Å². The summed E-state index contributed by atoms with van der Waals surface area (Å²) in [5, 5.41) is 0. The Morgan fingerprint density at radius 1 is 1.00 bits per heavy atom. The van der Waals surface area contributed by atoms with Gasteiger partial charge in [-0.15, -0.1) is 0 Å². The second-order valence-corrected chi connectivity index (χ2v) is 4.67. The van der Waals surface area contributed by atoms with Crippen molar-refractivity contribution in [3.63, 3.8) is 0 Å². The number of aromatic nitrogens is 2. The largest absolute Gasteiger partial charge is 0.291 e. The minimum absolute atomic E-state index is 0.285. The van der Waals surface area contributed by atoms with Crippen molar-refractivity contribution >= 4 is 12.4 Å². The summed E-state index contributed by atoms with van der Waals surface area (Å²) in [6.45, 7) is 2.90. The molecule has 0 N–H and O–H groups in total. The van der Waals surface area contributed by atoms with Crippen molar-refractivity contribution < 1.29 is 0 Å². The van der Waals surface area contributed by atoms with Gasteiger partial charge in [0.15, 0.2) is 0 Å². The van der Waals surface area contributed by atoms with Crippen molar-refractivity contribution in [1.29, 1.82) is 0 Å². The fourth-order valence-corrected chi connectivity index (χ4v) is 1.85. The van der Waals surface area contributed by atoms with Gasteiger partial charge in [0.2, 0.25) is 0 Å². The molecule has 0 aromatic carbocycles. The molecule has 0 amide bonds. The molecule has 0 spiro atoms. The Kier molecular flexibility index (Phi) is 6.26. The summed E-state index contributed by atoms with van der Waals surface area (Å²) < 4.78 is 0. The zero-order valence-electron chi connectivity index (χ0n) is 12.3. The fraction of sp³-hybridized carbons (Fsp3) is 0.294. The lowest BCUT2D eigenvalue weighted by Gasteiger charge is -2.07. The molecule has 1 unspecified atom stereocenters. The van der Waals surface area contributed by atoms with E-state index in [-0.39, 0.29) is 6.04 Å². The van der Waals surface area contributed by atoms with Crippen molar-refractivity contribution in [2.75, 3.05) is 6.54 Å². The average Bonchev–Trinajstić information content (AvgIpc) is 2.56. The van der Waals surface area contributed by atoms with Crippen LogP contribution in [0.15, 0.2) is 58.8 Å². The third kappa shape index (κ3) is 5.65. The Labute approximate surface area is 125 Å². The van der Waals surface area contributed by atoms with E-state index in [4.69, 9.17) is 0 Å². The molecule has 0 fully saturated rings. The van der Waals surface area contributed by atoms with Crippen LogP contribution in [0.2, 0.25) is 0 Å². The summed E-state index contributed by atoms with van der Waals surface area (Å²) in [5.41, 5.74) is 1.79. The molecule has 0 aliphatic carbocycles. The second kappa shape index (κ2) is 8.74. The van der Waals surface area contributed by atoms with E-state index in [9.17, 15) is 0 Å². The third-order valence-corrected chi connectivity index (χ3v) is 3.08. The third-order valence-electron chi connectivity index (χ3n) is 3.08. The first-order valence-electron chi connectivity index (χ1n) is 7.23. The predicted octanol–water partition coefficient (Wildman–Crippen LogP) is 3.18. The highest BCUT2D eigenvalue weighted by Gasteiger charge is 2.01. The van der Waals surface area contributed by atoms with Gasteiger partial charge in [-0.1, -0.05) is 19.1 Å². The molecule has 108 valence electrons. The van der Waals surface area contributed by atoms with Gasteiger partial charge in [0.05, 0.1) is 17.4 Å². The van der Waals surface area contributed by atoms with Crippen molar-refractivity contribution in [2.24, 2.45) is 9.98 Å². The van der Waals surface area contributed by atoms with Gasteiger partial charge < -0.3 is 0 Å². The molecule has 0 saturated carbocycles. The zero-order chi connectivity index (χ0) is 14.8. The highest BCUT2D eigenvalue weighted by molar-refractivity contribution is 5.77. The van der Waals surface area contributed by atoms with E-state index in [1.54, 1.807) is 12.4 Å². The van der Waals surface area contributed by atoms with Gasteiger partial charge in [0.25, 0.3) is 0 Å². The van der Waals surface area contributed by atoms with Crippen molar-refractivity contribution in [1.82, 2.24) is 9.97 Å². The molecule has 0 saturated heterocycles. The van der Waals surface area contributed by atoms with Gasteiger partial charge in [-0.25, -0.2) is 0 Å². The molecule has 0 radical (unpaired) electrons. The summed E-state index contributed by atoms with van der Waals surface area (Å²) in [6, 6.07) is 11.9. The van der Waals surface area contributed by atoms with Crippen LogP contribution in [-0.2, 0) is 0 Å². The standard InChI is InChI=1S/C17H20N4/c1-2-15(21-14-17-8-4-6-11-20-17)9-12-18-13-16-7-3-5-10-19-16/h3-8,10-11,13-15H,2,9,12H2,1H3. The summed E-state index contributed by atoms with van der Waals surface area (Å²) in [5.74, 6) is 0. The second-order valence-electron chi connectivity index (χ2n) is 4.67. The molecule has 2 aromatic heterocycles. The number of pyridine rings is 2. The Morgan fingerprint density at radius 2 is 1.67 bits per heavy atom. The zero-order valence-corrected chi connectivity index (χ0v) is 12.3. The van der Waals surface area contributed by atoms with Crippen molar-refractivity contribution in [2.45, 2.75) is 25.8 Å². The summed E-state index contributed by atoms with van der Waals surface area (Å²) in [6.07, 6.45) is 9.14. The van der Waals surface area contributed by atoms with Crippen molar-refractivity contribution in [3.8, 4) is 0 Å². The first kappa shape index (κ1) is 15.0.